The number of hydrogen-bond donors (Lipinski definition) is 1. The summed E-state index contributed by atoms with van der Waals surface area (Å²) in [5, 5.41) is 0. The van der Waals surface area contributed by atoms with E-state index in [1.54, 1.807) is 0 Å². The Balaban J connectivity index is 0. The summed E-state index contributed by atoms with van der Waals surface area (Å²) < 4.78 is 10.4. The maximum Gasteiger partial charge on any atom is 0.505 e. The molecule has 0 heterocycles. The monoisotopic (exact) mass is 292 g/mol. The molecule has 2 nitrogen and oxygen atoms in total. The molecule has 0 bridgehead atoms. The SMILES string of the molecule is CCCCCCCCCCCC[P+](=O)O.[Co]. The van der Waals surface area contributed by atoms with Crippen LogP contribution in [0.2, 0.25) is 0 Å². The summed E-state index contributed by atoms with van der Waals surface area (Å²) >= 11 is 0. The second-order valence-corrected chi connectivity index (χ2v) is 5.41. The van der Waals surface area contributed by atoms with Gasteiger partial charge in [0.2, 0.25) is 0 Å². The largest absolute Gasteiger partial charge is 0.505 e. The minimum absolute atomic E-state index is 0. The van der Waals surface area contributed by atoms with Gasteiger partial charge in [-0.15, -0.1) is 0 Å². The summed E-state index contributed by atoms with van der Waals surface area (Å²) in [6.45, 7) is 2.24. The van der Waals surface area contributed by atoms with Gasteiger partial charge in [-0.3, -0.25) is 0 Å². The minimum Gasteiger partial charge on any atom is -0.161 e. The first-order valence-corrected chi connectivity index (χ1v) is 7.80. The molecular formula is C12H26CoO2P+. The molecule has 0 aliphatic carbocycles. The Bertz CT molecular complexity index is 154. The van der Waals surface area contributed by atoms with E-state index < -0.39 is 8.03 Å². The van der Waals surface area contributed by atoms with Gasteiger partial charge in [0.15, 0.2) is 6.16 Å². The summed E-state index contributed by atoms with van der Waals surface area (Å²) in [4.78, 5) is 8.58. The third-order valence-electron chi connectivity index (χ3n) is 2.70. The molecule has 0 aliphatic heterocycles. The molecule has 0 saturated carbocycles. The summed E-state index contributed by atoms with van der Waals surface area (Å²) in [6, 6.07) is 0. The standard InChI is InChI=1S/C12H25O2P.Co/c1-2-3-4-5-6-7-8-9-10-11-12-15(13)14;/h2-12H2,1H3;/p+1. The topological polar surface area (TPSA) is 37.3 Å². The van der Waals surface area contributed by atoms with Crippen LogP contribution < -0.4 is 0 Å². The molecule has 99 valence electrons. The van der Waals surface area contributed by atoms with Gasteiger partial charge in [0, 0.05) is 16.8 Å². The molecule has 0 aromatic rings. The van der Waals surface area contributed by atoms with E-state index in [4.69, 9.17) is 4.89 Å². The maximum absolute atomic E-state index is 10.4. The zero-order valence-electron chi connectivity index (χ0n) is 10.4. The van der Waals surface area contributed by atoms with E-state index in [2.05, 4.69) is 6.92 Å². The first-order valence-electron chi connectivity index (χ1n) is 6.41. The zero-order valence-corrected chi connectivity index (χ0v) is 12.3. The van der Waals surface area contributed by atoms with Crippen LogP contribution in [0, 0.1) is 0 Å². The molecule has 1 unspecified atom stereocenters. The fourth-order valence-corrected chi connectivity index (χ4v) is 2.23. The summed E-state index contributed by atoms with van der Waals surface area (Å²) in [5.74, 6) is 0. The fourth-order valence-electron chi connectivity index (χ4n) is 1.73. The summed E-state index contributed by atoms with van der Waals surface area (Å²) in [6.07, 6.45) is 13.2. The maximum atomic E-state index is 10.4. The first-order chi connectivity index (χ1) is 7.27. The summed E-state index contributed by atoms with van der Waals surface area (Å²) in [5.41, 5.74) is 0. The molecule has 1 radical (unpaired) electrons. The van der Waals surface area contributed by atoms with E-state index in [1.165, 1.54) is 51.4 Å². The van der Waals surface area contributed by atoms with E-state index in [0.717, 1.165) is 12.8 Å². The van der Waals surface area contributed by atoms with Crippen LogP contribution in [0.15, 0.2) is 0 Å². The van der Waals surface area contributed by atoms with Crippen molar-refractivity contribution in [2.24, 2.45) is 0 Å². The molecule has 0 aromatic heterocycles. The van der Waals surface area contributed by atoms with Crippen LogP contribution in [0.4, 0.5) is 0 Å². The van der Waals surface area contributed by atoms with Crippen molar-refractivity contribution < 1.29 is 26.2 Å². The van der Waals surface area contributed by atoms with Gasteiger partial charge in [-0.05, 0) is 17.4 Å². The Labute approximate surface area is 112 Å². The third kappa shape index (κ3) is 17.0. The number of hydrogen-bond acceptors (Lipinski definition) is 1. The second kappa shape index (κ2) is 15.6. The Morgan fingerprint density at radius 3 is 1.56 bits per heavy atom. The van der Waals surface area contributed by atoms with E-state index in [0.29, 0.717) is 6.16 Å². The molecule has 0 rings (SSSR count). The molecule has 1 N–H and O–H groups in total. The van der Waals surface area contributed by atoms with E-state index in [1.807, 2.05) is 0 Å². The van der Waals surface area contributed by atoms with Crippen LogP contribution >= 0.6 is 8.03 Å². The Morgan fingerprint density at radius 2 is 1.19 bits per heavy atom. The van der Waals surface area contributed by atoms with E-state index in [-0.39, 0.29) is 16.8 Å². The van der Waals surface area contributed by atoms with Crippen molar-refractivity contribution in [2.75, 3.05) is 6.16 Å². The van der Waals surface area contributed by atoms with Crippen LogP contribution in [0.5, 0.6) is 0 Å². The van der Waals surface area contributed by atoms with Gasteiger partial charge in [-0.1, -0.05) is 58.3 Å². The molecule has 1 atom stereocenters. The zero-order chi connectivity index (χ0) is 11.4. The Kier molecular flexibility index (Phi) is 18.4. The number of unbranched alkanes of at least 4 members (excludes halogenated alkanes) is 9. The molecular weight excluding hydrogens is 266 g/mol. The van der Waals surface area contributed by atoms with Crippen molar-refractivity contribution >= 4 is 8.03 Å². The fraction of sp³-hybridized carbons (Fsp3) is 1.00. The van der Waals surface area contributed by atoms with Crippen molar-refractivity contribution in [3.63, 3.8) is 0 Å². The molecule has 0 amide bonds. The average molecular weight is 292 g/mol. The van der Waals surface area contributed by atoms with Gasteiger partial charge < -0.3 is 0 Å². The van der Waals surface area contributed by atoms with Crippen LogP contribution in [-0.4, -0.2) is 11.1 Å². The third-order valence-corrected chi connectivity index (χ3v) is 3.40. The Morgan fingerprint density at radius 1 is 0.812 bits per heavy atom. The molecule has 0 spiro atoms. The molecule has 0 aliphatic rings. The van der Waals surface area contributed by atoms with Crippen molar-refractivity contribution in [3.8, 4) is 0 Å². The second-order valence-electron chi connectivity index (χ2n) is 4.26. The molecule has 0 fully saturated rings. The normalized spacial score (nSPS) is 11.0. The van der Waals surface area contributed by atoms with E-state index >= 15 is 0 Å². The van der Waals surface area contributed by atoms with Gasteiger partial charge >= 0.3 is 8.03 Å². The van der Waals surface area contributed by atoms with Crippen molar-refractivity contribution in [1.29, 1.82) is 0 Å². The molecule has 4 heteroatoms. The smallest absolute Gasteiger partial charge is 0.161 e. The first kappa shape index (κ1) is 18.9. The van der Waals surface area contributed by atoms with Crippen molar-refractivity contribution in [1.82, 2.24) is 0 Å². The van der Waals surface area contributed by atoms with Crippen LogP contribution in [0.3, 0.4) is 0 Å². The predicted molar refractivity (Wildman–Crippen MR) is 66.5 cm³/mol. The quantitative estimate of drug-likeness (QED) is 0.445. The van der Waals surface area contributed by atoms with Gasteiger partial charge in [0.1, 0.15) is 0 Å². The van der Waals surface area contributed by atoms with Crippen LogP contribution in [0.25, 0.3) is 0 Å². The molecule has 16 heavy (non-hydrogen) atoms. The Hall–Kier alpha value is 0.566. The average Bonchev–Trinajstić information content (AvgIpc) is 2.20. The molecule has 0 aromatic carbocycles. The predicted octanol–water partition coefficient (Wildman–Crippen LogP) is 4.64. The van der Waals surface area contributed by atoms with Gasteiger partial charge in [-0.2, -0.15) is 4.89 Å². The molecule has 0 saturated heterocycles. The van der Waals surface area contributed by atoms with Gasteiger partial charge in [-0.25, -0.2) is 0 Å². The van der Waals surface area contributed by atoms with Crippen LogP contribution in [0.1, 0.15) is 71.1 Å². The van der Waals surface area contributed by atoms with Gasteiger partial charge in [0.25, 0.3) is 0 Å². The van der Waals surface area contributed by atoms with Crippen molar-refractivity contribution in [2.45, 2.75) is 71.1 Å². The van der Waals surface area contributed by atoms with E-state index in [9.17, 15) is 4.57 Å². The van der Waals surface area contributed by atoms with Crippen LogP contribution in [-0.2, 0) is 21.3 Å². The van der Waals surface area contributed by atoms with Crippen molar-refractivity contribution in [3.05, 3.63) is 0 Å². The minimum atomic E-state index is -1.89. The van der Waals surface area contributed by atoms with Gasteiger partial charge in [0.05, 0.1) is 0 Å². The summed E-state index contributed by atoms with van der Waals surface area (Å²) in [7, 11) is -1.89. The number of rotatable bonds is 11.